The van der Waals surface area contributed by atoms with Crippen LogP contribution in [-0.4, -0.2) is 49.4 Å². The normalized spacial score (nSPS) is 17.4. The quantitative estimate of drug-likeness (QED) is 0.819. The SMILES string of the molecule is CC[C@@H]1Oc2cc(S(=O)(=O)N(C)CC(=O)O)c(C)cc2NC1=O. The van der Waals surface area contributed by atoms with Crippen LogP contribution in [0.3, 0.4) is 0 Å². The van der Waals surface area contributed by atoms with Gasteiger partial charge in [0.15, 0.2) is 6.10 Å². The lowest BCUT2D eigenvalue weighted by Crippen LogP contribution is -2.37. The third kappa shape index (κ3) is 3.30. The molecule has 0 aliphatic carbocycles. The minimum absolute atomic E-state index is 0.0500. The molecule has 1 aliphatic heterocycles. The van der Waals surface area contributed by atoms with E-state index in [2.05, 4.69) is 5.32 Å². The van der Waals surface area contributed by atoms with E-state index >= 15 is 0 Å². The molecule has 1 aromatic carbocycles. The number of carboxylic acids is 1. The number of carboxylic acid groups (broad SMARTS) is 1. The van der Waals surface area contributed by atoms with Crippen molar-refractivity contribution in [3.63, 3.8) is 0 Å². The maximum Gasteiger partial charge on any atom is 0.318 e. The van der Waals surface area contributed by atoms with Crippen molar-refractivity contribution in [2.45, 2.75) is 31.3 Å². The summed E-state index contributed by atoms with van der Waals surface area (Å²) in [5, 5.41) is 11.4. The first-order valence-electron chi connectivity index (χ1n) is 6.97. The fourth-order valence-electron chi connectivity index (χ4n) is 2.27. The number of sulfonamides is 1. The molecular formula is C14H18N2O6S. The van der Waals surface area contributed by atoms with E-state index in [-0.39, 0.29) is 16.6 Å². The number of hydrogen-bond donors (Lipinski definition) is 2. The lowest BCUT2D eigenvalue weighted by Gasteiger charge is -2.26. The van der Waals surface area contributed by atoms with Crippen molar-refractivity contribution in [3.05, 3.63) is 17.7 Å². The first-order valence-corrected chi connectivity index (χ1v) is 8.41. The molecule has 9 heteroatoms. The van der Waals surface area contributed by atoms with E-state index < -0.39 is 28.6 Å². The molecule has 2 rings (SSSR count). The highest BCUT2D eigenvalue weighted by molar-refractivity contribution is 7.89. The Balaban J connectivity index is 2.46. The zero-order chi connectivity index (χ0) is 17.4. The first kappa shape index (κ1) is 17.2. The van der Waals surface area contributed by atoms with Crippen molar-refractivity contribution < 1.29 is 27.9 Å². The molecule has 23 heavy (non-hydrogen) atoms. The van der Waals surface area contributed by atoms with E-state index in [1.807, 2.05) is 0 Å². The number of carbonyl (C=O) groups is 2. The van der Waals surface area contributed by atoms with Gasteiger partial charge in [-0.1, -0.05) is 6.92 Å². The van der Waals surface area contributed by atoms with E-state index in [9.17, 15) is 18.0 Å². The van der Waals surface area contributed by atoms with Gasteiger partial charge in [-0.2, -0.15) is 4.31 Å². The maximum atomic E-state index is 12.5. The fourth-order valence-corrected chi connectivity index (χ4v) is 3.61. The Morgan fingerprint density at radius 3 is 2.65 bits per heavy atom. The van der Waals surface area contributed by atoms with Gasteiger partial charge in [0.05, 0.1) is 10.6 Å². The van der Waals surface area contributed by atoms with Gasteiger partial charge in [0.1, 0.15) is 12.3 Å². The first-order chi connectivity index (χ1) is 10.7. The number of hydrogen-bond acceptors (Lipinski definition) is 5. The molecule has 126 valence electrons. The number of amides is 1. The number of anilines is 1. The standard InChI is InChI=1S/C14H18N2O6S/c1-4-10-14(19)15-9-5-8(2)12(6-11(9)22-10)23(20,21)16(3)7-13(17)18/h5-6,10H,4,7H2,1-3H3,(H,15,19)(H,17,18)/t10-/m0/s1. The predicted molar refractivity (Wildman–Crippen MR) is 82.0 cm³/mol. The van der Waals surface area contributed by atoms with E-state index in [0.717, 1.165) is 4.31 Å². The zero-order valence-electron chi connectivity index (χ0n) is 13.0. The molecule has 0 saturated carbocycles. The number of carbonyl (C=O) groups excluding carboxylic acids is 1. The summed E-state index contributed by atoms with van der Waals surface area (Å²) in [6, 6.07) is 2.82. The number of aliphatic carboxylic acids is 1. The zero-order valence-corrected chi connectivity index (χ0v) is 13.8. The summed E-state index contributed by atoms with van der Waals surface area (Å²) in [4.78, 5) is 22.5. The number of rotatable bonds is 5. The average Bonchev–Trinajstić information content (AvgIpc) is 2.45. The molecule has 1 amide bonds. The van der Waals surface area contributed by atoms with Crippen molar-refractivity contribution >= 4 is 27.6 Å². The summed E-state index contributed by atoms with van der Waals surface area (Å²) in [5.41, 5.74) is 0.789. The number of likely N-dealkylation sites (N-methyl/N-ethyl adjacent to an activating group) is 1. The van der Waals surface area contributed by atoms with Crippen LogP contribution in [0.15, 0.2) is 17.0 Å². The summed E-state index contributed by atoms with van der Waals surface area (Å²) in [5.74, 6) is -1.27. The van der Waals surface area contributed by atoms with Crippen LogP contribution in [0.5, 0.6) is 5.75 Å². The van der Waals surface area contributed by atoms with E-state index in [4.69, 9.17) is 9.84 Å². The Hall–Kier alpha value is -2.13. The lowest BCUT2D eigenvalue weighted by atomic mass is 10.1. The Kier molecular flexibility index (Phi) is 4.62. The number of ether oxygens (including phenoxy) is 1. The third-order valence-corrected chi connectivity index (χ3v) is 5.46. The van der Waals surface area contributed by atoms with Crippen LogP contribution < -0.4 is 10.1 Å². The Bertz CT molecular complexity index is 759. The predicted octanol–water partition coefficient (Wildman–Crippen LogP) is 0.810. The number of benzene rings is 1. The van der Waals surface area contributed by atoms with Gasteiger partial charge >= 0.3 is 5.97 Å². The second-order valence-corrected chi connectivity index (χ2v) is 7.29. The van der Waals surface area contributed by atoms with Crippen LogP contribution in [-0.2, 0) is 19.6 Å². The summed E-state index contributed by atoms with van der Waals surface area (Å²) in [6.07, 6.45) is -0.238. The molecular weight excluding hydrogens is 324 g/mol. The molecule has 1 aromatic rings. The Morgan fingerprint density at radius 2 is 2.09 bits per heavy atom. The smallest absolute Gasteiger partial charge is 0.318 e. The highest BCUT2D eigenvalue weighted by Gasteiger charge is 2.30. The van der Waals surface area contributed by atoms with Crippen molar-refractivity contribution in [2.75, 3.05) is 18.9 Å². The van der Waals surface area contributed by atoms with Gasteiger partial charge in [0.25, 0.3) is 5.91 Å². The molecule has 2 N–H and O–H groups in total. The van der Waals surface area contributed by atoms with Crippen LogP contribution in [0, 0.1) is 6.92 Å². The van der Waals surface area contributed by atoms with Crippen LogP contribution in [0.2, 0.25) is 0 Å². The van der Waals surface area contributed by atoms with Gasteiger partial charge in [0, 0.05) is 13.1 Å². The largest absolute Gasteiger partial charge is 0.480 e. The van der Waals surface area contributed by atoms with Gasteiger partial charge in [0.2, 0.25) is 10.0 Å². The molecule has 0 spiro atoms. The Labute approximate surface area is 134 Å². The third-order valence-electron chi connectivity index (χ3n) is 3.51. The van der Waals surface area contributed by atoms with Gasteiger partial charge in [-0.05, 0) is 25.0 Å². The minimum atomic E-state index is -3.98. The molecule has 8 nitrogen and oxygen atoms in total. The highest BCUT2D eigenvalue weighted by Crippen LogP contribution is 2.35. The minimum Gasteiger partial charge on any atom is -0.480 e. The maximum absolute atomic E-state index is 12.5. The topological polar surface area (TPSA) is 113 Å². The number of nitrogens with zero attached hydrogens (tertiary/aromatic N) is 1. The fraction of sp³-hybridized carbons (Fsp3) is 0.429. The van der Waals surface area contributed by atoms with Gasteiger partial charge in [-0.25, -0.2) is 8.42 Å². The number of nitrogens with one attached hydrogen (secondary N) is 1. The van der Waals surface area contributed by atoms with Crippen LogP contribution in [0.25, 0.3) is 0 Å². The summed E-state index contributed by atoms with van der Waals surface area (Å²) >= 11 is 0. The van der Waals surface area contributed by atoms with Crippen LogP contribution in [0.1, 0.15) is 18.9 Å². The second kappa shape index (κ2) is 6.17. The monoisotopic (exact) mass is 342 g/mol. The summed E-state index contributed by atoms with van der Waals surface area (Å²) in [7, 11) is -2.78. The lowest BCUT2D eigenvalue weighted by molar-refractivity contribution is -0.137. The highest BCUT2D eigenvalue weighted by atomic mass is 32.2. The molecule has 1 heterocycles. The molecule has 1 atom stereocenters. The number of fused-ring (bicyclic) bond motifs is 1. The molecule has 0 fully saturated rings. The van der Waals surface area contributed by atoms with Crippen LogP contribution in [0.4, 0.5) is 5.69 Å². The van der Waals surface area contributed by atoms with Gasteiger partial charge in [-0.15, -0.1) is 0 Å². The van der Waals surface area contributed by atoms with Crippen molar-refractivity contribution in [2.24, 2.45) is 0 Å². The number of aryl methyl sites for hydroxylation is 1. The van der Waals surface area contributed by atoms with Crippen molar-refractivity contribution in [1.29, 1.82) is 0 Å². The van der Waals surface area contributed by atoms with Crippen LogP contribution >= 0.6 is 0 Å². The molecule has 0 radical (unpaired) electrons. The van der Waals surface area contributed by atoms with Gasteiger partial charge < -0.3 is 15.2 Å². The van der Waals surface area contributed by atoms with Gasteiger partial charge in [-0.3, -0.25) is 9.59 Å². The molecule has 0 saturated heterocycles. The molecule has 0 bridgehead atoms. The van der Waals surface area contributed by atoms with E-state index in [1.165, 1.54) is 19.2 Å². The van der Waals surface area contributed by atoms with Crippen molar-refractivity contribution in [1.82, 2.24) is 4.31 Å². The van der Waals surface area contributed by atoms with E-state index in [0.29, 0.717) is 17.7 Å². The second-order valence-electron chi connectivity index (χ2n) is 5.27. The van der Waals surface area contributed by atoms with E-state index in [1.54, 1.807) is 13.8 Å². The van der Waals surface area contributed by atoms with Crippen molar-refractivity contribution in [3.8, 4) is 5.75 Å². The summed E-state index contributed by atoms with van der Waals surface area (Å²) in [6.45, 7) is 2.70. The Morgan fingerprint density at radius 1 is 1.43 bits per heavy atom. The average molecular weight is 342 g/mol. The molecule has 1 aliphatic rings. The molecule has 0 unspecified atom stereocenters. The summed E-state index contributed by atoms with van der Waals surface area (Å²) < 4.78 is 31.3. The molecule has 0 aromatic heterocycles.